The summed E-state index contributed by atoms with van der Waals surface area (Å²) >= 11 is 0. The number of rotatable bonds is 5. The van der Waals surface area contributed by atoms with Crippen molar-refractivity contribution in [2.24, 2.45) is 11.8 Å². The van der Waals surface area contributed by atoms with Gasteiger partial charge in [-0.1, -0.05) is 0 Å². The highest BCUT2D eigenvalue weighted by molar-refractivity contribution is 7.89. The Morgan fingerprint density at radius 2 is 2.00 bits per heavy atom. The molecule has 0 aromatic heterocycles. The minimum atomic E-state index is -3.56. The van der Waals surface area contributed by atoms with Crippen molar-refractivity contribution in [1.82, 2.24) is 4.31 Å². The predicted octanol–water partition coefficient (Wildman–Crippen LogP) is -0.709. The van der Waals surface area contributed by atoms with Gasteiger partial charge in [-0.3, -0.25) is 14.4 Å². The fraction of sp³-hybridized carbons (Fsp3) is 0.750. The number of nitrogens with zero attached hydrogens (tertiary/aromatic N) is 1. The molecular weight excluding hydrogens is 302 g/mol. The lowest BCUT2D eigenvalue weighted by Gasteiger charge is -2.30. The van der Waals surface area contributed by atoms with Crippen LogP contribution in [0.5, 0.6) is 0 Å². The van der Waals surface area contributed by atoms with E-state index in [-0.39, 0.29) is 38.1 Å². The number of methoxy groups -OCH3 is 1. The highest BCUT2D eigenvalue weighted by atomic mass is 32.2. The molecule has 0 N–H and O–H groups in total. The number of hydrogen-bond acceptors (Lipinski definition) is 7. The van der Waals surface area contributed by atoms with E-state index in [1.54, 1.807) is 0 Å². The molecule has 2 fully saturated rings. The summed E-state index contributed by atoms with van der Waals surface area (Å²) in [5.41, 5.74) is 0. The molecule has 0 radical (unpaired) electrons. The van der Waals surface area contributed by atoms with Crippen LogP contribution in [0, 0.1) is 11.8 Å². The number of esters is 3. The third kappa shape index (κ3) is 3.41. The van der Waals surface area contributed by atoms with Gasteiger partial charge in [0, 0.05) is 19.5 Å². The first-order valence-electron chi connectivity index (χ1n) is 6.65. The first-order chi connectivity index (χ1) is 9.85. The molecule has 2 aliphatic rings. The van der Waals surface area contributed by atoms with Crippen molar-refractivity contribution in [3.05, 3.63) is 0 Å². The van der Waals surface area contributed by atoms with Crippen molar-refractivity contribution in [3.8, 4) is 0 Å². The molecule has 0 aromatic rings. The molecule has 8 nitrogen and oxygen atoms in total. The van der Waals surface area contributed by atoms with Gasteiger partial charge in [-0.15, -0.1) is 0 Å². The Labute approximate surface area is 122 Å². The van der Waals surface area contributed by atoms with Crippen molar-refractivity contribution >= 4 is 27.9 Å². The van der Waals surface area contributed by atoms with Gasteiger partial charge in [-0.05, 0) is 12.8 Å². The molecule has 2 rings (SSSR count). The van der Waals surface area contributed by atoms with Crippen molar-refractivity contribution in [1.29, 1.82) is 0 Å². The van der Waals surface area contributed by atoms with Gasteiger partial charge in [-0.2, -0.15) is 0 Å². The van der Waals surface area contributed by atoms with Crippen LogP contribution in [0.3, 0.4) is 0 Å². The molecule has 0 saturated carbocycles. The highest BCUT2D eigenvalue weighted by Gasteiger charge is 2.49. The molecule has 2 saturated heterocycles. The number of sulfonamides is 1. The third-order valence-corrected chi connectivity index (χ3v) is 5.71. The average molecular weight is 319 g/mol. The Morgan fingerprint density at radius 1 is 1.33 bits per heavy atom. The molecule has 118 valence electrons. The lowest BCUT2D eigenvalue weighted by atomic mass is 9.89. The molecule has 0 amide bonds. The fourth-order valence-corrected chi connectivity index (χ4v) is 4.11. The van der Waals surface area contributed by atoms with Crippen LogP contribution in [0.25, 0.3) is 0 Å². The minimum Gasteiger partial charge on any atom is -0.469 e. The van der Waals surface area contributed by atoms with Gasteiger partial charge in [0.2, 0.25) is 10.0 Å². The lowest BCUT2D eigenvalue weighted by molar-refractivity contribution is -0.153. The fourth-order valence-electron chi connectivity index (χ4n) is 2.58. The van der Waals surface area contributed by atoms with Gasteiger partial charge < -0.3 is 9.47 Å². The molecule has 0 aliphatic carbocycles. The summed E-state index contributed by atoms with van der Waals surface area (Å²) in [5, 5.41) is 0. The number of cyclic esters (lactones) is 2. The van der Waals surface area contributed by atoms with E-state index in [0.29, 0.717) is 0 Å². The smallest absolute Gasteiger partial charge is 0.318 e. The average Bonchev–Trinajstić information content (AvgIpc) is 2.73. The Bertz CT molecular complexity index is 556. The van der Waals surface area contributed by atoms with E-state index in [4.69, 9.17) is 0 Å². The number of carbonyl (C=O) groups is 3. The number of carbonyl (C=O) groups excluding carboxylic acids is 3. The maximum atomic E-state index is 12.2. The van der Waals surface area contributed by atoms with E-state index in [9.17, 15) is 22.8 Å². The molecule has 0 bridgehead atoms. The predicted molar refractivity (Wildman–Crippen MR) is 69.3 cm³/mol. The van der Waals surface area contributed by atoms with Gasteiger partial charge in [0.15, 0.2) is 0 Å². The maximum Gasteiger partial charge on any atom is 0.318 e. The van der Waals surface area contributed by atoms with E-state index in [0.717, 1.165) is 0 Å². The van der Waals surface area contributed by atoms with Gasteiger partial charge in [0.1, 0.15) is 0 Å². The van der Waals surface area contributed by atoms with Crippen LogP contribution in [-0.4, -0.2) is 56.6 Å². The first kappa shape index (κ1) is 15.9. The first-order valence-corrected chi connectivity index (χ1v) is 8.26. The van der Waals surface area contributed by atoms with Gasteiger partial charge in [0.05, 0.1) is 24.7 Å². The van der Waals surface area contributed by atoms with Crippen LogP contribution < -0.4 is 0 Å². The van der Waals surface area contributed by atoms with E-state index in [2.05, 4.69) is 9.47 Å². The number of ether oxygens (including phenoxy) is 2. The molecule has 0 spiro atoms. The molecule has 2 atom stereocenters. The zero-order chi connectivity index (χ0) is 15.6. The molecule has 0 aromatic carbocycles. The second-order valence-electron chi connectivity index (χ2n) is 5.10. The van der Waals surface area contributed by atoms with Crippen molar-refractivity contribution < 1.29 is 32.3 Å². The summed E-state index contributed by atoms with van der Waals surface area (Å²) in [6.07, 6.45) is 0.463. The largest absolute Gasteiger partial charge is 0.469 e. The van der Waals surface area contributed by atoms with Crippen molar-refractivity contribution in [2.75, 3.05) is 26.0 Å². The normalized spacial score (nSPS) is 26.3. The SMILES string of the molecule is COC(=O)CCCS(=O)(=O)N1CCC2C(=O)OC(=O)C2C1. The van der Waals surface area contributed by atoms with E-state index >= 15 is 0 Å². The van der Waals surface area contributed by atoms with Crippen LogP contribution in [0.15, 0.2) is 0 Å². The van der Waals surface area contributed by atoms with Crippen LogP contribution in [0.4, 0.5) is 0 Å². The quantitative estimate of drug-likeness (QED) is 0.486. The number of fused-ring (bicyclic) bond motifs is 1. The number of hydrogen-bond donors (Lipinski definition) is 0. The molecule has 2 unspecified atom stereocenters. The van der Waals surface area contributed by atoms with Crippen LogP contribution in [0.1, 0.15) is 19.3 Å². The summed E-state index contributed by atoms with van der Waals surface area (Å²) in [6.45, 7) is 0.153. The second-order valence-corrected chi connectivity index (χ2v) is 7.18. The van der Waals surface area contributed by atoms with Crippen LogP contribution in [0.2, 0.25) is 0 Å². The standard InChI is InChI=1S/C12H17NO7S/c1-19-10(14)3-2-6-21(17,18)13-5-4-8-9(7-13)12(16)20-11(8)15/h8-9H,2-7H2,1H3. The zero-order valence-corrected chi connectivity index (χ0v) is 12.4. The zero-order valence-electron chi connectivity index (χ0n) is 11.6. The Balaban J connectivity index is 1.94. The Morgan fingerprint density at radius 3 is 2.67 bits per heavy atom. The Kier molecular flexibility index (Phi) is 4.62. The van der Waals surface area contributed by atoms with E-state index < -0.39 is 39.8 Å². The Hall–Kier alpha value is -1.48. The topological polar surface area (TPSA) is 107 Å². The molecule has 2 heterocycles. The van der Waals surface area contributed by atoms with Gasteiger partial charge in [-0.25, -0.2) is 12.7 Å². The minimum absolute atomic E-state index is 0.0240. The van der Waals surface area contributed by atoms with Crippen LogP contribution >= 0.6 is 0 Å². The van der Waals surface area contributed by atoms with E-state index in [1.165, 1.54) is 11.4 Å². The summed E-state index contributed by atoms with van der Waals surface area (Å²) in [7, 11) is -2.32. The monoisotopic (exact) mass is 319 g/mol. The lowest BCUT2D eigenvalue weighted by Crippen LogP contribution is -2.45. The molecule has 21 heavy (non-hydrogen) atoms. The third-order valence-electron chi connectivity index (χ3n) is 3.79. The molecule has 2 aliphatic heterocycles. The second kappa shape index (κ2) is 6.10. The summed E-state index contributed by atoms with van der Waals surface area (Å²) in [5.74, 6) is -3.11. The van der Waals surface area contributed by atoms with Crippen molar-refractivity contribution in [3.63, 3.8) is 0 Å². The maximum absolute atomic E-state index is 12.2. The highest BCUT2D eigenvalue weighted by Crippen LogP contribution is 2.32. The number of piperidine rings is 1. The van der Waals surface area contributed by atoms with Crippen LogP contribution in [-0.2, 0) is 33.9 Å². The summed E-state index contributed by atoms with van der Waals surface area (Å²) < 4.78 is 34.5. The summed E-state index contributed by atoms with van der Waals surface area (Å²) in [4.78, 5) is 33.9. The molecule has 9 heteroatoms. The van der Waals surface area contributed by atoms with Gasteiger partial charge >= 0.3 is 17.9 Å². The van der Waals surface area contributed by atoms with Crippen molar-refractivity contribution in [2.45, 2.75) is 19.3 Å². The summed E-state index contributed by atoms with van der Waals surface area (Å²) in [6, 6.07) is 0. The van der Waals surface area contributed by atoms with Gasteiger partial charge in [0.25, 0.3) is 0 Å². The molecular formula is C12H17NO7S. The van der Waals surface area contributed by atoms with E-state index in [1.807, 2.05) is 0 Å².